The van der Waals surface area contributed by atoms with Gasteiger partial charge in [-0.3, -0.25) is 10.1 Å². The van der Waals surface area contributed by atoms with Gasteiger partial charge in [0.2, 0.25) is 0 Å². The van der Waals surface area contributed by atoms with Crippen molar-refractivity contribution in [3.05, 3.63) is 60.3 Å². The lowest BCUT2D eigenvalue weighted by Gasteiger charge is -2.22. The maximum absolute atomic E-state index is 13.9. The van der Waals surface area contributed by atoms with Crippen LogP contribution in [0.25, 0.3) is 22.0 Å². The van der Waals surface area contributed by atoms with Gasteiger partial charge in [0.05, 0.1) is 11.9 Å². The molecule has 4 heterocycles. The van der Waals surface area contributed by atoms with Gasteiger partial charge in [0.15, 0.2) is 0 Å². The van der Waals surface area contributed by atoms with Crippen LogP contribution in [0.15, 0.2) is 49.2 Å². The fourth-order valence-electron chi connectivity index (χ4n) is 4.14. The maximum Gasteiger partial charge on any atom is 0.408 e. The molecule has 0 saturated heterocycles. The van der Waals surface area contributed by atoms with Gasteiger partial charge in [-0.25, -0.2) is 9.97 Å². The Hall–Kier alpha value is -3.69. The zero-order valence-corrected chi connectivity index (χ0v) is 17.1. The monoisotopic (exact) mass is 439 g/mol. The second-order valence-electron chi connectivity index (χ2n) is 8.08. The lowest BCUT2D eigenvalue weighted by atomic mass is 10.1. The number of nitrogens with two attached hydrogens (primary N) is 1. The fraction of sp³-hybridized carbons (Fsp3) is 0.273. The van der Waals surface area contributed by atoms with Crippen LogP contribution in [0.1, 0.15) is 23.5 Å². The highest BCUT2D eigenvalue weighted by molar-refractivity contribution is 5.94. The number of hydrogen-bond acceptors (Lipinski definition) is 6. The van der Waals surface area contributed by atoms with Gasteiger partial charge in [0.1, 0.15) is 17.7 Å². The molecule has 3 unspecified atom stereocenters. The molecule has 4 aromatic rings. The fourth-order valence-corrected chi connectivity index (χ4v) is 4.14. The first kappa shape index (κ1) is 20.2. The van der Waals surface area contributed by atoms with Crippen molar-refractivity contribution in [1.82, 2.24) is 25.1 Å². The number of H-pyrrole nitrogens is 1. The summed E-state index contributed by atoms with van der Waals surface area (Å²) in [6.45, 7) is 1.93. The van der Waals surface area contributed by atoms with Crippen molar-refractivity contribution < 1.29 is 13.2 Å². The first-order valence-electron chi connectivity index (χ1n) is 10.1. The number of aryl methyl sites for hydroxylation is 1. The van der Waals surface area contributed by atoms with Gasteiger partial charge in [-0.1, -0.05) is 0 Å². The molecule has 0 aliphatic heterocycles. The van der Waals surface area contributed by atoms with Gasteiger partial charge >= 0.3 is 6.18 Å². The van der Waals surface area contributed by atoms with Gasteiger partial charge in [0, 0.05) is 35.7 Å². The third kappa shape index (κ3) is 3.72. The molecule has 32 heavy (non-hydrogen) atoms. The van der Waals surface area contributed by atoms with E-state index in [4.69, 9.17) is 5.73 Å². The molecule has 0 amide bonds. The highest BCUT2D eigenvalue weighted by atomic mass is 19.4. The number of anilines is 2. The number of nitrogens with zero attached hydrogens (tertiary/aromatic N) is 4. The summed E-state index contributed by atoms with van der Waals surface area (Å²) in [6, 6.07) is 3.51. The van der Waals surface area contributed by atoms with Crippen LogP contribution < -0.4 is 11.1 Å². The van der Waals surface area contributed by atoms with Crippen LogP contribution >= 0.6 is 0 Å². The van der Waals surface area contributed by atoms with Crippen LogP contribution in [0.3, 0.4) is 0 Å². The number of hydrogen-bond donors (Lipinski definition) is 3. The predicted molar refractivity (Wildman–Crippen MR) is 115 cm³/mol. The SMILES string of the molecule is Cc1ccncc1-c1cc2cc(NC(C3CC3c3cn[nH]c3)C(F)(F)F)ncc2c(N)n1. The highest BCUT2D eigenvalue weighted by Crippen LogP contribution is 2.53. The average molecular weight is 439 g/mol. The van der Waals surface area contributed by atoms with Crippen molar-refractivity contribution in [1.29, 1.82) is 0 Å². The molecule has 10 heteroatoms. The molecule has 4 aromatic heterocycles. The highest BCUT2D eigenvalue weighted by Gasteiger charge is 2.55. The Balaban J connectivity index is 1.47. The molecule has 1 aliphatic rings. The number of aromatic nitrogens is 5. The number of alkyl halides is 3. The molecule has 1 aliphatic carbocycles. The van der Waals surface area contributed by atoms with Crippen LogP contribution in [-0.2, 0) is 0 Å². The summed E-state index contributed by atoms with van der Waals surface area (Å²) >= 11 is 0. The predicted octanol–water partition coefficient (Wildman–Crippen LogP) is 4.45. The third-order valence-electron chi connectivity index (χ3n) is 5.93. The first-order chi connectivity index (χ1) is 15.3. The lowest BCUT2D eigenvalue weighted by molar-refractivity contribution is -0.147. The summed E-state index contributed by atoms with van der Waals surface area (Å²) in [5, 5.41) is 10.3. The zero-order valence-electron chi connectivity index (χ0n) is 17.1. The lowest BCUT2D eigenvalue weighted by Crippen LogP contribution is -2.38. The Labute approximate surface area is 181 Å². The van der Waals surface area contributed by atoms with E-state index in [0.29, 0.717) is 22.9 Å². The average Bonchev–Trinajstić information content (AvgIpc) is 3.33. The van der Waals surface area contributed by atoms with E-state index in [1.54, 1.807) is 36.9 Å². The Bertz CT molecular complexity index is 1270. The molecule has 4 N–H and O–H groups in total. The van der Waals surface area contributed by atoms with Crippen molar-refractivity contribution >= 4 is 22.4 Å². The quantitative estimate of drug-likeness (QED) is 0.424. The molecule has 7 nitrogen and oxygen atoms in total. The second kappa shape index (κ2) is 7.47. The number of nitrogen functional groups attached to an aromatic ring is 1. The molecule has 0 spiro atoms. The summed E-state index contributed by atoms with van der Waals surface area (Å²) in [4.78, 5) is 12.7. The molecule has 1 fully saturated rings. The van der Waals surface area contributed by atoms with Crippen LogP contribution in [0.4, 0.5) is 24.8 Å². The van der Waals surface area contributed by atoms with Crippen LogP contribution in [0.2, 0.25) is 0 Å². The van der Waals surface area contributed by atoms with Gasteiger partial charge < -0.3 is 11.1 Å². The van der Waals surface area contributed by atoms with E-state index in [9.17, 15) is 13.2 Å². The molecular weight excluding hydrogens is 419 g/mol. The van der Waals surface area contributed by atoms with Gasteiger partial charge in [-0.2, -0.15) is 18.3 Å². The normalized spacial score (nSPS) is 19.1. The number of fused-ring (bicyclic) bond motifs is 1. The largest absolute Gasteiger partial charge is 0.408 e. The van der Waals surface area contributed by atoms with Crippen molar-refractivity contribution in [2.24, 2.45) is 5.92 Å². The van der Waals surface area contributed by atoms with Gasteiger partial charge in [-0.05, 0) is 59.9 Å². The van der Waals surface area contributed by atoms with Crippen molar-refractivity contribution in [3.8, 4) is 11.3 Å². The van der Waals surface area contributed by atoms with Gasteiger partial charge in [0.25, 0.3) is 0 Å². The second-order valence-corrected chi connectivity index (χ2v) is 8.08. The van der Waals surface area contributed by atoms with Crippen LogP contribution in [-0.4, -0.2) is 37.4 Å². The van der Waals surface area contributed by atoms with Crippen molar-refractivity contribution in [3.63, 3.8) is 0 Å². The smallest absolute Gasteiger partial charge is 0.383 e. The van der Waals surface area contributed by atoms with E-state index < -0.39 is 18.1 Å². The minimum Gasteiger partial charge on any atom is -0.383 e. The summed E-state index contributed by atoms with van der Waals surface area (Å²) in [7, 11) is 0. The molecule has 5 rings (SSSR count). The van der Waals surface area contributed by atoms with Crippen molar-refractivity contribution in [2.45, 2.75) is 31.5 Å². The van der Waals surface area contributed by atoms with Crippen LogP contribution in [0.5, 0.6) is 0 Å². The number of aromatic amines is 1. The number of rotatable bonds is 5. The Morgan fingerprint density at radius 2 is 2.06 bits per heavy atom. The van der Waals surface area contributed by atoms with Gasteiger partial charge in [-0.15, -0.1) is 0 Å². The zero-order chi connectivity index (χ0) is 22.5. The summed E-state index contributed by atoms with van der Waals surface area (Å²) < 4.78 is 41.6. The van der Waals surface area contributed by atoms with E-state index in [1.807, 2.05) is 13.0 Å². The Kier molecular flexibility index (Phi) is 4.72. The molecule has 1 saturated carbocycles. The van der Waals surface area contributed by atoms with E-state index in [2.05, 4.69) is 30.5 Å². The van der Waals surface area contributed by atoms with Crippen LogP contribution in [0, 0.1) is 12.8 Å². The number of pyridine rings is 3. The molecule has 164 valence electrons. The van der Waals surface area contributed by atoms with E-state index in [1.165, 1.54) is 6.20 Å². The minimum absolute atomic E-state index is 0.136. The molecule has 3 atom stereocenters. The Morgan fingerprint density at radius 1 is 1.22 bits per heavy atom. The van der Waals surface area contributed by atoms with Crippen molar-refractivity contribution in [2.75, 3.05) is 11.1 Å². The molecule has 0 radical (unpaired) electrons. The summed E-state index contributed by atoms with van der Waals surface area (Å²) in [5.74, 6) is -0.374. The first-order valence-corrected chi connectivity index (χ1v) is 10.1. The molecular formula is C22H20F3N7. The number of halogens is 3. The Morgan fingerprint density at radius 3 is 2.78 bits per heavy atom. The molecule has 0 aromatic carbocycles. The summed E-state index contributed by atoms with van der Waals surface area (Å²) in [6.07, 6.45) is 4.05. The standard InChI is InChI=1S/C22H20F3N7/c1-11-2-3-27-9-16(11)18-4-12-5-19(28-10-17(12)21(26)31-18)32-20(22(23,24)25)15-6-14(15)13-7-29-30-8-13/h2-5,7-10,14-15,20H,6H2,1H3,(H2,26,31)(H,28,32)(H,29,30). The topological polar surface area (TPSA) is 105 Å². The number of nitrogens with one attached hydrogen (secondary N) is 2. The van der Waals surface area contributed by atoms with E-state index >= 15 is 0 Å². The maximum atomic E-state index is 13.9. The molecule has 0 bridgehead atoms. The van der Waals surface area contributed by atoms with E-state index in [0.717, 1.165) is 16.7 Å². The summed E-state index contributed by atoms with van der Waals surface area (Å²) in [5.41, 5.74) is 9.28. The van der Waals surface area contributed by atoms with E-state index in [-0.39, 0.29) is 17.6 Å². The third-order valence-corrected chi connectivity index (χ3v) is 5.93. The minimum atomic E-state index is -4.42.